The standard InChI is InChI=1S/2C15H16.CH2Cl2.4CO.Fe.Os/c2*1-2-13-7-9-15(10-8-13)12-11-14-5-3-4-6-14;2-1-3;4*1-2;;/h2*3-10H,1-2,11-12H2;1H2;;;;;;/q2*-2;;;;;;2*+2. The van der Waals surface area contributed by atoms with Crippen LogP contribution in [0.1, 0.15) is 33.4 Å². The van der Waals surface area contributed by atoms with Gasteiger partial charge in [0.05, 0.1) is 5.34 Å². The minimum Gasteiger partial charge on any atom is -0.339 e. The number of alkyl halides is 2. The molecule has 0 spiro atoms. The fourth-order valence-corrected chi connectivity index (χ4v) is 3.48. The smallest absolute Gasteiger partial charge is 0.339 e. The van der Waals surface area contributed by atoms with Crippen LogP contribution < -0.4 is 0 Å². The monoisotopic (exact) mass is 836 g/mol. The summed E-state index contributed by atoms with van der Waals surface area (Å²) in [6.45, 7) is 25.7. The molecule has 0 amide bonds. The van der Waals surface area contributed by atoms with E-state index in [-0.39, 0.29) is 42.2 Å². The average Bonchev–Trinajstić information content (AvgIpc) is 3.79. The molecule has 0 atom stereocenters. The van der Waals surface area contributed by atoms with Crippen LogP contribution in [-0.2, 0) is 94.0 Å². The van der Waals surface area contributed by atoms with Gasteiger partial charge in [0, 0.05) is 0 Å². The molecule has 0 N–H and O–H groups in total. The number of rotatable bonds is 8. The molecule has 0 aliphatic heterocycles. The van der Waals surface area contributed by atoms with Crippen molar-refractivity contribution >= 4 is 23.2 Å². The second-order valence-corrected chi connectivity index (χ2v) is 8.63. The molecule has 0 bridgehead atoms. The number of hydrogen-bond donors (Lipinski definition) is 0. The van der Waals surface area contributed by atoms with Crippen LogP contribution in [0.3, 0.4) is 0 Å². The Bertz CT molecular complexity index is 1050. The summed E-state index contributed by atoms with van der Waals surface area (Å²) in [5.41, 5.74) is 8.30. The molecule has 0 unspecified atom stereocenters. The van der Waals surface area contributed by atoms with Crippen LogP contribution in [-0.4, -0.2) is 5.34 Å². The zero-order valence-electron chi connectivity index (χ0n) is 23.7. The largest absolute Gasteiger partial charge is 2.00 e. The van der Waals surface area contributed by atoms with Gasteiger partial charge in [0.25, 0.3) is 0 Å². The third-order valence-electron chi connectivity index (χ3n) is 5.49. The van der Waals surface area contributed by atoms with E-state index < -0.39 is 0 Å². The van der Waals surface area contributed by atoms with Gasteiger partial charge in [0.2, 0.25) is 0 Å². The molecule has 4 aromatic rings. The predicted octanol–water partition coefficient (Wildman–Crippen LogP) is 8.40. The molecule has 0 aliphatic rings. The maximum absolute atomic E-state index is 7.50. The van der Waals surface area contributed by atoms with Crippen LogP contribution in [0.5, 0.6) is 0 Å². The average molecular weight is 836 g/mol. The summed E-state index contributed by atoms with van der Waals surface area (Å²) >= 11 is 9.53. The van der Waals surface area contributed by atoms with Gasteiger partial charge in [-0.05, 0) is 24.0 Å². The third-order valence-corrected chi connectivity index (χ3v) is 5.49. The Morgan fingerprint density at radius 1 is 0.512 bits per heavy atom. The minimum absolute atomic E-state index is 0. The van der Waals surface area contributed by atoms with E-state index in [9.17, 15) is 0 Å². The van der Waals surface area contributed by atoms with Crippen molar-refractivity contribution < 1.29 is 55.5 Å². The maximum atomic E-state index is 7.50. The van der Waals surface area contributed by atoms with E-state index in [0.717, 1.165) is 38.5 Å². The van der Waals surface area contributed by atoms with E-state index in [1.165, 1.54) is 33.4 Å². The normalized spacial score (nSPS) is 7.91. The van der Waals surface area contributed by atoms with Gasteiger partial charge in [-0.1, -0.05) is 72.5 Å². The summed E-state index contributed by atoms with van der Waals surface area (Å²) in [5.74, 6) is 0. The Morgan fingerprint density at radius 3 is 0.930 bits per heavy atom. The zero-order chi connectivity index (χ0) is 31.7. The first-order chi connectivity index (χ1) is 20.2. The van der Waals surface area contributed by atoms with E-state index in [2.05, 4.69) is 138 Å². The van der Waals surface area contributed by atoms with Crippen molar-refractivity contribution in [2.24, 2.45) is 0 Å². The van der Waals surface area contributed by atoms with Crippen molar-refractivity contribution in [3.63, 3.8) is 0 Å². The van der Waals surface area contributed by atoms with E-state index >= 15 is 0 Å². The quantitative estimate of drug-likeness (QED) is 0.0741. The Hall–Kier alpha value is -2.16. The second-order valence-electron chi connectivity index (χ2n) is 7.82. The van der Waals surface area contributed by atoms with Gasteiger partial charge in [-0.2, -0.15) is 48.2 Å². The van der Waals surface area contributed by atoms with Crippen LogP contribution in [0.15, 0.2) is 97.1 Å². The van der Waals surface area contributed by atoms with Crippen LogP contribution in [0, 0.1) is 40.4 Å². The van der Waals surface area contributed by atoms with Gasteiger partial charge in [-0.3, -0.25) is 0 Å². The zero-order valence-corrected chi connectivity index (χ0v) is 28.9. The van der Waals surface area contributed by atoms with Gasteiger partial charge < -0.3 is 13.8 Å². The van der Waals surface area contributed by atoms with Crippen LogP contribution in [0.4, 0.5) is 0 Å². The van der Waals surface area contributed by atoms with Crippen LogP contribution in [0.25, 0.3) is 0 Å². The fourth-order valence-electron chi connectivity index (χ4n) is 3.48. The second kappa shape index (κ2) is 39.8. The summed E-state index contributed by atoms with van der Waals surface area (Å²) in [6, 6.07) is 34.7. The maximum Gasteiger partial charge on any atom is 2.00 e. The summed E-state index contributed by atoms with van der Waals surface area (Å²) in [5, 5.41) is 0.194. The van der Waals surface area contributed by atoms with Gasteiger partial charge in [-0.25, -0.2) is 24.3 Å². The third kappa shape index (κ3) is 27.1. The minimum atomic E-state index is 0. The molecule has 4 nitrogen and oxygen atoms in total. The van der Waals surface area contributed by atoms with Crippen molar-refractivity contribution in [1.82, 2.24) is 0 Å². The molecule has 43 heavy (non-hydrogen) atoms. The van der Waals surface area contributed by atoms with E-state index in [4.69, 9.17) is 41.8 Å². The first-order valence-corrected chi connectivity index (χ1v) is 13.3. The first-order valence-electron chi connectivity index (χ1n) is 12.3. The topological polar surface area (TPSA) is 79.6 Å². The molecule has 0 aliphatic carbocycles. The van der Waals surface area contributed by atoms with Gasteiger partial charge in [0.1, 0.15) is 0 Å². The fraction of sp³-hybridized carbons (Fsp3) is 0.200. The predicted molar refractivity (Wildman–Crippen MR) is 162 cm³/mol. The van der Waals surface area contributed by atoms with Crippen LogP contribution in [0.2, 0.25) is 0 Å². The first kappa shape index (κ1) is 50.5. The Labute approximate surface area is 291 Å². The van der Waals surface area contributed by atoms with E-state index in [0.29, 0.717) is 0 Å². The molecular weight excluding hydrogens is 801 g/mol. The van der Waals surface area contributed by atoms with Crippen LogP contribution >= 0.6 is 23.2 Å². The number of aryl methyl sites for hydroxylation is 4. The molecule has 0 heterocycles. The van der Waals surface area contributed by atoms with E-state index in [1.807, 2.05) is 0 Å². The summed E-state index contributed by atoms with van der Waals surface area (Å²) in [7, 11) is 0. The van der Waals surface area contributed by atoms with Crippen molar-refractivity contribution in [3.8, 4) is 0 Å². The van der Waals surface area contributed by atoms with Crippen molar-refractivity contribution in [2.45, 2.75) is 38.5 Å². The van der Waals surface area contributed by atoms with Gasteiger partial charge in [0.15, 0.2) is 0 Å². The van der Waals surface area contributed by atoms with Crippen molar-refractivity contribution in [2.75, 3.05) is 5.34 Å². The Morgan fingerprint density at radius 2 is 0.721 bits per heavy atom. The summed E-state index contributed by atoms with van der Waals surface area (Å²) in [4.78, 5) is 0. The molecule has 0 radical (unpaired) electrons. The van der Waals surface area contributed by atoms with Crippen molar-refractivity contribution in [1.29, 1.82) is 0 Å². The number of benzene rings is 2. The molecule has 4 rings (SSSR count). The molecule has 0 saturated heterocycles. The van der Waals surface area contributed by atoms with Gasteiger partial charge >= 0.3 is 82.1 Å². The number of hydrogen-bond acceptors (Lipinski definition) is 0. The summed E-state index contributed by atoms with van der Waals surface area (Å²) in [6.07, 6.45) is 6.28. The van der Waals surface area contributed by atoms with Gasteiger partial charge in [-0.15, -0.1) is 23.2 Å². The number of halogens is 2. The molecular formula is C35H34Cl2FeO4Os. The SMILES string of the molecule is ClCCl.[C-]#[O+].[C-]#[O+].[C-]#[O+].[C-]#[O+].[CH2-]Cc1ccc(CC[c-]2cccc2)cc1.[CH2-]Cc1ccc(CC[c-]2cccc2)cc1.[Fe+2].[Os+2]. The molecule has 0 fully saturated rings. The Kier molecular flexibility index (Phi) is 46.7. The molecule has 0 aromatic heterocycles. The molecule has 4 aromatic carbocycles. The summed E-state index contributed by atoms with van der Waals surface area (Å²) < 4.78 is 30.0. The van der Waals surface area contributed by atoms with Crippen molar-refractivity contribution in [3.05, 3.63) is 171 Å². The molecule has 0 saturated carbocycles. The molecule has 228 valence electrons. The Balaban J connectivity index is -0.000000163. The molecule has 8 heteroatoms. The van der Waals surface area contributed by atoms with E-state index in [1.54, 1.807) is 0 Å².